The number of hydrogen-bond donors (Lipinski definition) is 21. The van der Waals surface area contributed by atoms with E-state index < -0.39 is 188 Å². The van der Waals surface area contributed by atoms with Crippen LogP contribution in [0.25, 0.3) is 0 Å². The second-order valence-corrected chi connectivity index (χ2v) is 21.5. The predicted molar refractivity (Wildman–Crippen MR) is 324 cm³/mol. The van der Waals surface area contributed by atoms with Gasteiger partial charge in [-0.2, -0.15) is 0 Å². The third-order valence-corrected chi connectivity index (χ3v) is 14.0. The van der Waals surface area contributed by atoms with Gasteiger partial charge in [-0.15, -0.1) is 0 Å². The number of hydrogen-bond acceptors (Lipinski definition) is 20. The Bertz CT molecular complexity index is 2400. The van der Waals surface area contributed by atoms with E-state index in [9.17, 15) is 87.5 Å². The molecule has 29 N–H and O–H groups in total. The first-order valence-corrected chi connectivity index (χ1v) is 30.0. The topological polar surface area (TPSA) is 649 Å². The zero-order valence-electron chi connectivity index (χ0n) is 51.3. The summed E-state index contributed by atoms with van der Waals surface area (Å²) in [6.07, 6.45) is -2.33. The van der Waals surface area contributed by atoms with Crippen molar-refractivity contribution in [3.05, 3.63) is 0 Å². The molecule has 0 aliphatic heterocycles. The lowest BCUT2D eigenvalue weighted by molar-refractivity contribution is -0.143. The Labute approximate surface area is 521 Å². The van der Waals surface area contributed by atoms with Crippen LogP contribution in [0.15, 0.2) is 4.99 Å². The van der Waals surface area contributed by atoms with Crippen LogP contribution in [0.2, 0.25) is 0 Å². The van der Waals surface area contributed by atoms with Gasteiger partial charge in [-0.25, -0.2) is 4.79 Å². The monoisotopic (exact) mass is 1290 g/mol. The fourth-order valence-corrected chi connectivity index (χ4v) is 8.68. The highest BCUT2D eigenvalue weighted by atomic mass is 16.4. The van der Waals surface area contributed by atoms with Crippen LogP contribution in [0, 0.1) is 5.92 Å². The molecule has 0 spiro atoms. The molecule has 0 aliphatic rings. The molecule has 90 heavy (non-hydrogen) atoms. The van der Waals surface area contributed by atoms with Crippen molar-refractivity contribution >= 4 is 88.9 Å². The fourth-order valence-electron chi connectivity index (χ4n) is 8.68. The first-order valence-electron chi connectivity index (χ1n) is 30.0. The minimum atomic E-state index is -1.98. The van der Waals surface area contributed by atoms with Gasteiger partial charge in [-0.1, -0.05) is 26.7 Å². The van der Waals surface area contributed by atoms with E-state index >= 15 is 0 Å². The van der Waals surface area contributed by atoms with E-state index in [1.165, 1.54) is 0 Å². The number of carbonyl (C=O) groups excluding carboxylic acids is 10. The highest BCUT2D eigenvalue weighted by Crippen LogP contribution is 2.14. The molecule has 0 aromatic carbocycles. The van der Waals surface area contributed by atoms with Crippen molar-refractivity contribution in [3.63, 3.8) is 0 Å². The summed E-state index contributed by atoms with van der Waals surface area (Å²) in [6.45, 7) is 4.14. The molecule has 10 amide bonds. The molecule has 11 atom stereocenters. The van der Waals surface area contributed by atoms with Gasteiger partial charge < -0.3 is 114 Å². The normalized spacial score (nSPS) is 14.7. The lowest BCUT2D eigenvalue weighted by atomic mass is 9.96. The van der Waals surface area contributed by atoms with E-state index in [0.29, 0.717) is 38.6 Å². The zero-order chi connectivity index (χ0) is 68.5. The highest BCUT2D eigenvalue weighted by molar-refractivity contribution is 6.00. The first kappa shape index (κ1) is 81.7. The Morgan fingerprint density at radius 3 is 1.04 bits per heavy atom. The average Bonchev–Trinajstić information content (AvgIpc) is 1.42. The number of nitrogens with one attached hydrogen (secondary N) is 9. The number of carbonyl (C=O) groups is 14. The molecule has 36 nitrogen and oxygen atoms in total. The van der Waals surface area contributed by atoms with Crippen LogP contribution < -0.4 is 93.7 Å². The summed E-state index contributed by atoms with van der Waals surface area (Å²) in [5, 5.41) is 60.2. The van der Waals surface area contributed by atoms with E-state index in [4.69, 9.17) is 45.9 Å². The van der Waals surface area contributed by atoms with Gasteiger partial charge in [-0.3, -0.25) is 67.3 Å². The molecule has 36 heteroatoms. The lowest BCUT2D eigenvalue weighted by Crippen LogP contribution is -2.61. The van der Waals surface area contributed by atoms with Crippen molar-refractivity contribution in [3.8, 4) is 0 Å². The third kappa shape index (κ3) is 35.0. The number of amides is 10. The molecule has 0 rings (SSSR count). The van der Waals surface area contributed by atoms with Crippen molar-refractivity contribution < 1.29 is 87.5 Å². The Kier molecular flexibility index (Phi) is 41.6. The van der Waals surface area contributed by atoms with Gasteiger partial charge in [-0.05, 0) is 128 Å². The summed E-state index contributed by atoms with van der Waals surface area (Å²) in [6, 6.07) is -16.1. The minimum Gasteiger partial charge on any atom is -0.481 e. The summed E-state index contributed by atoms with van der Waals surface area (Å²) in [4.78, 5) is 189. The van der Waals surface area contributed by atoms with Crippen molar-refractivity contribution in [2.45, 2.75) is 209 Å². The van der Waals surface area contributed by atoms with Crippen LogP contribution >= 0.6 is 0 Å². The summed E-state index contributed by atoms with van der Waals surface area (Å²) < 4.78 is 0. The number of rotatable bonds is 51. The Balaban J connectivity index is 7.07. The third-order valence-electron chi connectivity index (χ3n) is 14.0. The van der Waals surface area contributed by atoms with Gasteiger partial charge >= 0.3 is 23.9 Å². The molecule has 512 valence electrons. The van der Waals surface area contributed by atoms with Crippen LogP contribution in [-0.2, 0) is 67.1 Å². The van der Waals surface area contributed by atoms with Crippen molar-refractivity contribution in [2.75, 3.05) is 32.7 Å². The Hall–Kier alpha value is -8.35. The number of guanidine groups is 1. The number of aliphatic imine (C=N–C) groups is 1. The highest BCUT2D eigenvalue weighted by Gasteiger charge is 2.37. The molecule has 0 aliphatic carbocycles. The van der Waals surface area contributed by atoms with Crippen LogP contribution in [0.4, 0.5) is 0 Å². The minimum absolute atomic E-state index is 0.0406. The van der Waals surface area contributed by atoms with Gasteiger partial charge in [0.05, 0.1) is 18.9 Å². The standard InChI is InChI=1S/C54H98N18O18/c1-3-29(2)43(52(88)69-36(53(89)90)17-12-26-63-54(61)62)72-49(85)33(16-7-11-25-58)66-50(86)37(27-39(60)73)70-46(82)32(15-6-10-24-57)65-47(83)34(18-20-40(74)75)67-48(84)35(19-21-41(76)77)68-51(87)38(28-42(78)79)71-45(81)31(14-5-9-23-56)64-44(80)30(59)13-4-8-22-55/h29-38,43H,3-28,55-59H2,1-2H3,(H2,60,73)(H,64,80)(H,65,83)(H,66,86)(H,67,84)(H,68,87)(H,69,88)(H,70,82)(H,71,81)(H,72,85)(H,74,75)(H,76,77)(H,78,79)(H,89,90)(H4,61,62,63)/t29-,30-,31-,32-,33-,34-,35-,36-,37-,38-,43-/m0/s1. The first-order chi connectivity index (χ1) is 42.5. The van der Waals surface area contributed by atoms with Gasteiger partial charge in [0.2, 0.25) is 59.1 Å². The summed E-state index contributed by atoms with van der Waals surface area (Å²) >= 11 is 0. The van der Waals surface area contributed by atoms with E-state index in [1.54, 1.807) is 13.8 Å². The maximum atomic E-state index is 14.2. The van der Waals surface area contributed by atoms with E-state index in [2.05, 4.69) is 52.8 Å². The molecule has 0 saturated carbocycles. The number of nitrogens with zero attached hydrogens (tertiary/aromatic N) is 1. The number of carboxylic acid groups (broad SMARTS) is 4. The maximum absolute atomic E-state index is 14.2. The Morgan fingerprint density at radius 1 is 0.378 bits per heavy atom. The molecule has 0 fully saturated rings. The summed E-state index contributed by atoms with van der Waals surface area (Å²) in [5.74, 6) is -17.8. The maximum Gasteiger partial charge on any atom is 0.326 e. The molecular formula is C54H98N18O18. The quantitative estimate of drug-likeness (QED) is 0.0153. The molecular weight excluding hydrogens is 1190 g/mol. The largest absolute Gasteiger partial charge is 0.481 e. The van der Waals surface area contributed by atoms with Crippen molar-refractivity contribution in [1.82, 2.24) is 47.9 Å². The molecule has 0 unspecified atom stereocenters. The number of carboxylic acids is 4. The van der Waals surface area contributed by atoms with Crippen LogP contribution in [0.5, 0.6) is 0 Å². The van der Waals surface area contributed by atoms with Gasteiger partial charge in [0.25, 0.3) is 0 Å². The molecule has 0 heterocycles. The number of unbranched alkanes of at least 4 members (excludes halogenated alkanes) is 4. The van der Waals surface area contributed by atoms with E-state index in [1.807, 2.05) is 0 Å². The summed E-state index contributed by atoms with van der Waals surface area (Å²) in [7, 11) is 0. The van der Waals surface area contributed by atoms with E-state index in [-0.39, 0.29) is 96.3 Å². The predicted octanol–water partition coefficient (Wildman–Crippen LogP) is -6.54. The van der Waals surface area contributed by atoms with E-state index in [0.717, 1.165) is 0 Å². The zero-order valence-corrected chi connectivity index (χ0v) is 51.3. The second-order valence-electron chi connectivity index (χ2n) is 21.5. The van der Waals surface area contributed by atoms with Gasteiger partial charge in [0.1, 0.15) is 54.4 Å². The second kappa shape index (κ2) is 45.8. The fraction of sp³-hybridized carbons (Fsp3) is 0.722. The molecule has 0 aromatic rings. The number of aliphatic carboxylic acids is 4. The number of primary amides is 1. The molecule has 0 saturated heterocycles. The summed E-state index contributed by atoms with van der Waals surface area (Å²) in [5.41, 5.74) is 44.8. The van der Waals surface area contributed by atoms with Crippen molar-refractivity contribution in [1.29, 1.82) is 0 Å². The van der Waals surface area contributed by atoms with Crippen LogP contribution in [0.1, 0.15) is 149 Å². The van der Waals surface area contributed by atoms with Gasteiger partial charge in [0, 0.05) is 19.4 Å². The molecule has 0 radical (unpaired) electrons. The van der Waals surface area contributed by atoms with Crippen LogP contribution in [-0.4, -0.2) is 202 Å². The SMILES string of the molecule is CC[C@H](C)[C@H](NC(=O)[C@H](CCCCN)NC(=O)[C@H](CC(N)=O)NC(=O)[C@H](CCCCN)NC(=O)[C@H](CCC(=O)O)NC(=O)[C@H](CCC(=O)O)NC(=O)[C@H](CC(=O)O)NC(=O)[C@H](CCCCN)NC(=O)[C@@H](N)CCCCN)C(=O)N[C@@H](CCCN=C(N)N)C(=O)O. The van der Waals surface area contributed by atoms with Crippen LogP contribution in [0.3, 0.4) is 0 Å². The molecule has 0 aromatic heterocycles. The van der Waals surface area contributed by atoms with Gasteiger partial charge in [0.15, 0.2) is 5.96 Å². The average molecular weight is 1290 g/mol. The number of nitrogens with two attached hydrogens (primary N) is 8. The lowest BCUT2D eigenvalue weighted by Gasteiger charge is -2.29. The Morgan fingerprint density at radius 2 is 0.700 bits per heavy atom. The molecule has 0 bridgehead atoms. The smallest absolute Gasteiger partial charge is 0.326 e. The van der Waals surface area contributed by atoms with Crippen molar-refractivity contribution in [2.24, 2.45) is 56.8 Å².